The molecule has 0 aromatic carbocycles. The topological polar surface area (TPSA) is 25.2 Å². The average Bonchev–Trinajstić information content (AvgIpc) is 2.56. The van der Waals surface area contributed by atoms with Crippen molar-refractivity contribution < 1.29 is 4.42 Å². The molecule has 0 aliphatic rings. The standard InChI is InChI=1S/C12H21NO/c1-10(2)7-13-8-11(3)6-12-4-5-14-9-12/h4-5,9-11,13H,6-8H2,1-3H3. The third-order valence-electron chi connectivity index (χ3n) is 2.21. The number of furan rings is 1. The van der Waals surface area contributed by atoms with Gasteiger partial charge in [0.25, 0.3) is 0 Å². The molecular formula is C12H21NO. The minimum atomic E-state index is 0.673. The molecule has 1 unspecified atom stereocenters. The van der Waals surface area contributed by atoms with E-state index in [0.29, 0.717) is 5.92 Å². The first-order valence-corrected chi connectivity index (χ1v) is 5.40. The monoisotopic (exact) mass is 195 g/mol. The number of rotatable bonds is 6. The molecule has 0 aliphatic carbocycles. The Balaban J connectivity index is 2.13. The van der Waals surface area contributed by atoms with Crippen LogP contribution in [0.25, 0.3) is 0 Å². The maximum Gasteiger partial charge on any atom is 0.0934 e. The Hall–Kier alpha value is -0.760. The summed E-state index contributed by atoms with van der Waals surface area (Å²) < 4.78 is 5.04. The maximum absolute atomic E-state index is 5.04. The predicted octanol–water partition coefficient (Wildman–Crippen LogP) is 2.70. The van der Waals surface area contributed by atoms with Gasteiger partial charge in [0.2, 0.25) is 0 Å². The van der Waals surface area contributed by atoms with Crippen LogP contribution in [0.15, 0.2) is 23.0 Å². The highest BCUT2D eigenvalue weighted by Crippen LogP contribution is 2.08. The fourth-order valence-electron chi connectivity index (χ4n) is 1.50. The summed E-state index contributed by atoms with van der Waals surface area (Å²) in [5.74, 6) is 1.41. The molecule has 2 nitrogen and oxygen atoms in total. The van der Waals surface area contributed by atoms with Crippen LogP contribution >= 0.6 is 0 Å². The largest absolute Gasteiger partial charge is 0.472 e. The Morgan fingerprint density at radius 3 is 2.64 bits per heavy atom. The van der Waals surface area contributed by atoms with E-state index in [-0.39, 0.29) is 0 Å². The molecule has 1 aromatic rings. The minimum absolute atomic E-state index is 0.673. The Bertz CT molecular complexity index is 228. The fourth-order valence-corrected chi connectivity index (χ4v) is 1.50. The molecule has 0 fully saturated rings. The van der Waals surface area contributed by atoms with Gasteiger partial charge in [-0.2, -0.15) is 0 Å². The van der Waals surface area contributed by atoms with Crippen LogP contribution < -0.4 is 5.32 Å². The van der Waals surface area contributed by atoms with Gasteiger partial charge in [-0.05, 0) is 43.0 Å². The van der Waals surface area contributed by atoms with Gasteiger partial charge in [0.05, 0.1) is 12.5 Å². The Morgan fingerprint density at radius 1 is 1.29 bits per heavy atom. The molecule has 0 spiro atoms. The van der Waals surface area contributed by atoms with Crippen LogP contribution in [0.3, 0.4) is 0 Å². The van der Waals surface area contributed by atoms with E-state index in [1.807, 2.05) is 12.3 Å². The SMILES string of the molecule is CC(C)CNCC(C)Cc1ccoc1. The quantitative estimate of drug-likeness (QED) is 0.755. The van der Waals surface area contributed by atoms with Crippen molar-refractivity contribution in [3.63, 3.8) is 0 Å². The second-order valence-corrected chi connectivity index (χ2v) is 4.49. The van der Waals surface area contributed by atoms with Crippen LogP contribution in [0.1, 0.15) is 26.3 Å². The van der Waals surface area contributed by atoms with Crippen molar-refractivity contribution in [1.29, 1.82) is 0 Å². The third kappa shape index (κ3) is 4.47. The van der Waals surface area contributed by atoms with Gasteiger partial charge in [0.1, 0.15) is 0 Å². The van der Waals surface area contributed by atoms with E-state index in [0.717, 1.165) is 25.4 Å². The lowest BCUT2D eigenvalue weighted by atomic mass is 10.0. The second kappa shape index (κ2) is 5.86. The van der Waals surface area contributed by atoms with Crippen LogP contribution in [0.4, 0.5) is 0 Å². The smallest absolute Gasteiger partial charge is 0.0934 e. The van der Waals surface area contributed by atoms with E-state index in [1.54, 1.807) is 6.26 Å². The van der Waals surface area contributed by atoms with Crippen molar-refractivity contribution in [2.75, 3.05) is 13.1 Å². The minimum Gasteiger partial charge on any atom is -0.472 e. The number of hydrogen-bond donors (Lipinski definition) is 1. The van der Waals surface area contributed by atoms with E-state index in [2.05, 4.69) is 26.1 Å². The highest BCUT2D eigenvalue weighted by molar-refractivity contribution is 5.05. The summed E-state index contributed by atoms with van der Waals surface area (Å²) in [6.45, 7) is 8.92. The van der Waals surface area contributed by atoms with E-state index in [1.165, 1.54) is 5.56 Å². The van der Waals surface area contributed by atoms with Gasteiger partial charge in [-0.15, -0.1) is 0 Å². The third-order valence-corrected chi connectivity index (χ3v) is 2.21. The van der Waals surface area contributed by atoms with Crippen molar-refractivity contribution in [3.05, 3.63) is 24.2 Å². The first kappa shape index (κ1) is 11.3. The van der Waals surface area contributed by atoms with Gasteiger partial charge in [0, 0.05) is 0 Å². The van der Waals surface area contributed by atoms with Crippen LogP contribution in [0.2, 0.25) is 0 Å². The summed E-state index contributed by atoms with van der Waals surface area (Å²) in [5, 5.41) is 3.47. The fraction of sp³-hybridized carbons (Fsp3) is 0.667. The molecular weight excluding hydrogens is 174 g/mol. The van der Waals surface area contributed by atoms with Crippen LogP contribution in [0.5, 0.6) is 0 Å². The Labute approximate surface area is 86.7 Å². The predicted molar refractivity (Wildman–Crippen MR) is 59.3 cm³/mol. The van der Waals surface area contributed by atoms with Crippen LogP contribution in [0, 0.1) is 11.8 Å². The summed E-state index contributed by atoms with van der Waals surface area (Å²) >= 11 is 0. The summed E-state index contributed by atoms with van der Waals surface area (Å²) in [6.07, 6.45) is 4.67. The number of hydrogen-bond acceptors (Lipinski definition) is 2. The van der Waals surface area contributed by atoms with Crippen LogP contribution in [-0.2, 0) is 6.42 Å². The molecule has 1 aromatic heterocycles. The molecule has 1 rings (SSSR count). The molecule has 0 amide bonds. The van der Waals surface area contributed by atoms with Gasteiger partial charge < -0.3 is 9.73 Å². The Kier molecular flexibility index (Phi) is 4.74. The normalized spacial score (nSPS) is 13.4. The van der Waals surface area contributed by atoms with Crippen molar-refractivity contribution in [2.45, 2.75) is 27.2 Å². The molecule has 0 saturated heterocycles. The first-order chi connectivity index (χ1) is 6.68. The van der Waals surface area contributed by atoms with Crippen molar-refractivity contribution in [1.82, 2.24) is 5.32 Å². The first-order valence-electron chi connectivity index (χ1n) is 5.40. The molecule has 1 heterocycles. The van der Waals surface area contributed by atoms with Crippen molar-refractivity contribution in [3.8, 4) is 0 Å². The van der Waals surface area contributed by atoms with Gasteiger partial charge in [-0.3, -0.25) is 0 Å². The summed E-state index contributed by atoms with van der Waals surface area (Å²) in [4.78, 5) is 0. The average molecular weight is 195 g/mol. The summed E-state index contributed by atoms with van der Waals surface area (Å²) in [7, 11) is 0. The second-order valence-electron chi connectivity index (χ2n) is 4.49. The van der Waals surface area contributed by atoms with Gasteiger partial charge in [0.15, 0.2) is 0 Å². The molecule has 0 bridgehead atoms. The summed E-state index contributed by atoms with van der Waals surface area (Å²) in [6, 6.07) is 2.04. The molecule has 14 heavy (non-hydrogen) atoms. The highest BCUT2D eigenvalue weighted by atomic mass is 16.3. The zero-order valence-corrected chi connectivity index (χ0v) is 9.42. The van der Waals surface area contributed by atoms with E-state index >= 15 is 0 Å². The lowest BCUT2D eigenvalue weighted by molar-refractivity contribution is 0.471. The summed E-state index contributed by atoms with van der Waals surface area (Å²) in [5.41, 5.74) is 1.30. The molecule has 1 atom stereocenters. The lowest BCUT2D eigenvalue weighted by Gasteiger charge is -2.12. The molecule has 0 aliphatic heterocycles. The zero-order chi connectivity index (χ0) is 10.4. The molecule has 1 N–H and O–H groups in total. The van der Waals surface area contributed by atoms with E-state index in [9.17, 15) is 0 Å². The number of nitrogens with one attached hydrogen (secondary N) is 1. The molecule has 0 saturated carbocycles. The highest BCUT2D eigenvalue weighted by Gasteiger charge is 2.04. The van der Waals surface area contributed by atoms with Gasteiger partial charge >= 0.3 is 0 Å². The van der Waals surface area contributed by atoms with Gasteiger partial charge in [-0.1, -0.05) is 20.8 Å². The maximum atomic E-state index is 5.04. The van der Waals surface area contributed by atoms with Gasteiger partial charge in [-0.25, -0.2) is 0 Å². The van der Waals surface area contributed by atoms with Crippen molar-refractivity contribution in [2.24, 2.45) is 11.8 Å². The molecule has 0 radical (unpaired) electrons. The van der Waals surface area contributed by atoms with E-state index < -0.39 is 0 Å². The lowest BCUT2D eigenvalue weighted by Crippen LogP contribution is -2.26. The van der Waals surface area contributed by atoms with Crippen LogP contribution in [-0.4, -0.2) is 13.1 Å². The zero-order valence-electron chi connectivity index (χ0n) is 9.42. The van der Waals surface area contributed by atoms with Crippen molar-refractivity contribution >= 4 is 0 Å². The Morgan fingerprint density at radius 2 is 2.07 bits per heavy atom. The molecule has 80 valence electrons. The van der Waals surface area contributed by atoms with E-state index in [4.69, 9.17) is 4.42 Å². The molecule has 2 heteroatoms.